The van der Waals surface area contributed by atoms with E-state index >= 15 is 0 Å². The van der Waals surface area contributed by atoms with Crippen LogP contribution in [0.15, 0.2) is 24.3 Å². The first-order valence-electron chi connectivity index (χ1n) is 5.10. The van der Waals surface area contributed by atoms with Gasteiger partial charge in [0.25, 0.3) is 5.92 Å². The Kier molecular flexibility index (Phi) is 4.57. The van der Waals surface area contributed by atoms with Gasteiger partial charge in [-0.05, 0) is 24.3 Å². The van der Waals surface area contributed by atoms with Gasteiger partial charge in [-0.3, -0.25) is 0 Å². The fourth-order valence-corrected chi connectivity index (χ4v) is 1.09. The third-order valence-electron chi connectivity index (χ3n) is 2.08. The molecule has 0 radical (unpaired) electrons. The van der Waals surface area contributed by atoms with Gasteiger partial charge in [0.05, 0.1) is 24.7 Å². The van der Waals surface area contributed by atoms with Crippen molar-refractivity contribution in [3.63, 3.8) is 0 Å². The molecule has 18 heavy (non-hydrogen) atoms. The van der Waals surface area contributed by atoms with E-state index in [0.29, 0.717) is 11.3 Å². The highest BCUT2D eigenvalue weighted by Gasteiger charge is 2.27. The molecule has 0 unspecified atom stereocenters. The van der Waals surface area contributed by atoms with E-state index in [1.54, 1.807) is 0 Å². The first-order valence-corrected chi connectivity index (χ1v) is 5.10. The lowest BCUT2D eigenvalue weighted by Crippen LogP contribution is -2.43. The molecule has 0 bridgehead atoms. The van der Waals surface area contributed by atoms with Crippen LogP contribution in [0.3, 0.4) is 0 Å². The maximum atomic E-state index is 12.7. The van der Waals surface area contributed by atoms with Crippen molar-refractivity contribution in [1.29, 1.82) is 5.26 Å². The van der Waals surface area contributed by atoms with Gasteiger partial charge in [0.15, 0.2) is 0 Å². The Morgan fingerprint density at radius 2 is 2.00 bits per heavy atom. The van der Waals surface area contributed by atoms with Crippen molar-refractivity contribution in [3.8, 4) is 6.07 Å². The molecule has 0 spiro atoms. The predicted octanol–water partition coefficient (Wildman–Crippen LogP) is 1.27. The van der Waals surface area contributed by atoms with Crippen LogP contribution >= 0.6 is 0 Å². The van der Waals surface area contributed by atoms with Crippen LogP contribution in [0.25, 0.3) is 0 Å². The summed E-state index contributed by atoms with van der Waals surface area (Å²) in [7, 11) is 0. The van der Waals surface area contributed by atoms with Crippen LogP contribution in [0.4, 0.5) is 19.3 Å². The summed E-state index contributed by atoms with van der Waals surface area (Å²) in [5.74, 6) is -3.12. The minimum Gasteiger partial charge on any atom is -0.332 e. The summed E-state index contributed by atoms with van der Waals surface area (Å²) in [4.78, 5) is 11.3. The zero-order valence-corrected chi connectivity index (χ0v) is 9.41. The highest BCUT2D eigenvalue weighted by Crippen LogP contribution is 2.10. The molecular formula is C11H12F2N4O. The summed E-state index contributed by atoms with van der Waals surface area (Å²) in [6.07, 6.45) is 0. The smallest absolute Gasteiger partial charge is 0.319 e. The van der Waals surface area contributed by atoms with Gasteiger partial charge in [-0.2, -0.15) is 5.26 Å². The van der Waals surface area contributed by atoms with Crippen molar-refractivity contribution in [2.75, 3.05) is 18.4 Å². The van der Waals surface area contributed by atoms with Gasteiger partial charge < -0.3 is 16.4 Å². The highest BCUT2D eigenvalue weighted by molar-refractivity contribution is 5.89. The zero-order valence-electron chi connectivity index (χ0n) is 9.41. The van der Waals surface area contributed by atoms with Crippen molar-refractivity contribution < 1.29 is 13.6 Å². The maximum Gasteiger partial charge on any atom is 0.319 e. The van der Waals surface area contributed by atoms with Gasteiger partial charge in [-0.1, -0.05) is 0 Å². The molecule has 0 aliphatic heterocycles. The van der Waals surface area contributed by atoms with Crippen LogP contribution in [0.2, 0.25) is 0 Å². The second-order valence-corrected chi connectivity index (χ2v) is 3.56. The fourth-order valence-electron chi connectivity index (χ4n) is 1.09. The lowest BCUT2D eigenvalue weighted by atomic mass is 10.2. The second-order valence-electron chi connectivity index (χ2n) is 3.56. The van der Waals surface area contributed by atoms with E-state index < -0.39 is 25.0 Å². The molecule has 0 saturated carbocycles. The Bertz CT molecular complexity index is 453. The number of rotatable bonds is 4. The molecule has 4 N–H and O–H groups in total. The minimum absolute atomic E-state index is 0.405. The van der Waals surface area contributed by atoms with Crippen LogP contribution in [0, 0.1) is 11.3 Å². The van der Waals surface area contributed by atoms with Gasteiger partial charge >= 0.3 is 6.03 Å². The molecule has 0 fully saturated rings. The van der Waals surface area contributed by atoms with Crippen LogP contribution in [-0.2, 0) is 0 Å². The maximum absolute atomic E-state index is 12.7. The van der Waals surface area contributed by atoms with E-state index in [4.69, 9.17) is 11.0 Å². The van der Waals surface area contributed by atoms with Crippen molar-refractivity contribution in [2.45, 2.75) is 5.92 Å². The highest BCUT2D eigenvalue weighted by atomic mass is 19.3. The number of hydrogen-bond acceptors (Lipinski definition) is 3. The number of nitrogens with two attached hydrogens (primary N) is 1. The standard InChI is InChI=1S/C11H12F2N4O/c12-11(13,6-15)7-16-10(18)17-9-3-1-8(5-14)2-4-9/h1-4H,6-7,15H2,(H2,16,17,18). The normalized spacial score (nSPS) is 10.6. The van der Waals surface area contributed by atoms with Crippen LogP contribution < -0.4 is 16.4 Å². The van der Waals surface area contributed by atoms with E-state index in [-0.39, 0.29) is 0 Å². The van der Waals surface area contributed by atoms with E-state index in [2.05, 4.69) is 5.32 Å². The Hall–Kier alpha value is -2.20. The Morgan fingerprint density at radius 1 is 1.39 bits per heavy atom. The second kappa shape index (κ2) is 5.93. The topological polar surface area (TPSA) is 90.9 Å². The first-order chi connectivity index (χ1) is 8.46. The van der Waals surface area contributed by atoms with Crippen LogP contribution in [-0.4, -0.2) is 25.0 Å². The molecule has 0 aromatic heterocycles. The molecule has 96 valence electrons. The number of nitrogens with one attached hydrogen (secondary N) is 2. The monoisotopic (exact) mass is 254 g/mol. The van der Waals surface area contributed by atoms with Crippen LogP contribution in [0.5, 0.6) is 0 Å². The average Bonchev–Trinajstić information content (AvgIpc) is 2.37. The molecule has 1 aromatic carbocycles. The Balaban J connectivity index is 2.47. The van der Waals surface area contributed by atoms with Crippen LogP contribution in [0.1, 0.15) is 5.56 Å². The summed E-state index contributed by atoms with van der Waals surface area (Å²) >= 11 is 0. The zero-order chi connectivity index (χ0) is 13.6. The summed E-state index contributed by atoms with van der Waals surface area (Å²) in [5.41, 5.74) is 5.67. The fraction of sp³-hybridized carbons (Fsp3) is 0.273. The third-order valence-corrected chi connectivity index (χ3v) is 2.08. The third kappa shape index (κ3) is 4.35. The number of alkyl halides is 2. The van der Waals surface area contributed by atoms with Gasteiger partial charge in [0.1, 0.15) is 0 Å². The molecule has 7 heteroatoms. The van der Waals surface area contributed by atoms with Gasteiger partial charge in [-0.25, -0.2) is 13.6 Å². The predicted molar refractivity (Wildman–Crippen MR) is 62.2 cm³/mol. The number of anilines is 1. The summed E-state index contributed by atoms with van der Waals surface area (Å²) in [5, 5.41) is 12.9. The lowest BCUT2D eigenvalue weighted by Gasteiger charge is -2.14. The molecule has 0 heterocycles. The SMILES string of the molecule is N#Cc1ccc(NC(=O)NCC(F)(F)CN)cc1. The number of urea groups is 1. The van der Waals surface area contributed by atoms with Gasteiger partial charge in [0, 0.05) is 5.69 Å². The average molecular weight is 254 g/mol. The van der Waals surface area contributed by atoms with Crippen molar-refractivity contribution in [2.24, 2.45) is 5.73 Å². The number of hydrogen-bond donors (Lipinski definition) is 3. The lowest BCUT2D eigenvalue weighted by molar-refractivity contribution is 0.0148. The molecular weight excluding hydrogens is 242 g/mol. The molecule has 1 rings (SSSR count). The number of benzene rings is 1. The van der Waals surface area contributed by atoms with Gasteiger partial charge in [0.2, 0.25) is 0 Å². The number of carbonyl (C=O) groups excluding carboxylic acids is 1. The first kappa shape index (κ1) is 13.9. The summed E-state index contributed by atoms with van der Waals surface area (Å²) < 4.78 is 25.5. The van der Waals surface area contributed by atoms with Crippen molar-refractivity contribution >= 4 is 11.7 Å². The molecule has 0 atom stereocenters. The van der Waals surface area contributed by atoms with E-state index in [0.717, 1.165) is 0 Å². The molecule has 0 aliphatic carbocycles. The number of carbonyl (C=O) groups is 1. The number of amides is 2. The Morgan fingerprint density at radius 3 is 2.50 bits per heavy atom. The van der Waals surface area contributed by atoms with E-state index in [1.165, 1.54) is 24.3 Å². The number of halogens is 2. The summed E-state index contributed by atoms with van der Waals surface area (Å²) in [6.45, 7) is -1.66. The molecule has 0 aliphatic rings. The molecule has 0 saturated heterocycles. The molecule has 1 aromatic rings. The minimum atomic E-state index is -3.12. The quantitative estimate of drug-likeness (QED) is 0.755. The largest absolute Gasteiger partial charge is 0.332 e. The van der Waals surface area contributed by atoms with Crippen molar-refractivity contribution in [3.05, 3.63) is 29.8 Å². The number of nitrogens with zero attached hydrogens (tertiary/aromatic N) is 1. The number of nitriles is 1. The van der Waals surface area contributed by atoms with E-state index in [1.807, 2.05) is 11.4 Å². The Labute approximate surface area is 103 Å². The van der Waals surface area contributed by atoms with Gasteiger partial charge in [-0.15, -0.1) is 0 Å². The molecule has 2 amide bonds. The molecule has 5 nitrogen and oxygen atoms in total. The van der Waals surface area contributed by atoms with Crippen molar-refractivity contribution in [1.82, 2.24) is 5.32 Å². The van der Waals surface area contributed by atoms with E-state index in [9.17, 15) is 13.6 Å². The summed E-state index contributed by atoms with van der Waals surface area (Å²) in [6, 6.07) is 7.17.